The third kappa shape index (κ3) is 19.3. The Labute approximate surface area is 132 Å². The molecule has 0 rings (SSSR count). The maximum atomic E-state index is 13.4. The van der Waals surface area contributed by atoms with Crippen molar-refractivity contribution in [2.24, 2.45) is 0 Å². The summed E-state index contributed by atoms with van der Waals surface area (Å²) < 4.78 is 134. The van der Waals surface area contributed by atoms with Crippen LogP contribution in [0.1, 0.15) is 9.78 Å². The van der Waals surface area contributed by atoms with Crippen LogP contribution in [-0.2, 0) is 25.0 Å². The molecule has 0 aliphatic rings. The minimum absolute atomic E-state index is 0. The van der Waals surface area contributed by atoms with Crippen molar-refractivity contribution in [3.8, 4) is 0 Å². The molecule has 0 unspecified atom stereocenters. The molecule has 0 heterocycles. The van der Waals surface area contributed by atoms with Gasteiger partial charge in [0.1, 0.15) is 20.2 Å². The van der Waals surface area contributed by atoms with Gasteiger partial charge in [-0.3, -0.25) is 13.5 Å². The average Bonchev–Trinajstić information content (AvgIpc) is 2.26. The number of halogens is 6. The van der Waals surface area contributed by atoms with E-state index in [4.69, 9.17) is 0 Å². The molecule has 0 aromatic carbocycles. The van der Waals surface area contributed by atoms with E-state index in [1.807, 2.05) is 0 Å². The van der Waals surface area contributed by atoms with E-state index in [1.54, 1.807) is 0 Å². The first-order valence-electron chi connectivity index (χ1n) is 5.23. The molecule has 0 bridgehead atoms. The molecular weight excluding hydrogens is 386 g/mol. The van der Waals surface area contributed by atoms with Crippen LogP contribution >= 0.6 is 0 Å². The van der Waals surface area contributed by atoms with Crippen LogP contribution in [0.4, 0.5) is 26.3 Å². The van der Waals surface area contributed by atoms with Crippen molar-refractivity contribution in [3.05, 3.63) is 0 Å². The Hall–Kier alpha value is -0.640. The third-order valence-electron chi connectivity index (χ3n) is 1.27. The van der Waals surface area contributed by atoms with Crippen molar-refractivity contribution >= 4 is 20.2 Å². The predicted molar refractivity (Wildman–Crippen MR) is 65.9 cm³/mol. The molecule has 0 amide bonds. The van der Waals surface area contributed by atoms with E-state index < -0.39 is 50.4 Å². The van der Waals surface area contributed by atoms with Gasteiger partial charge >= 0.3 is 8.96 Å². The van der Waals surface area contributed by atoms with Gasteiger partial charge in [-0.1, -0.05) is 0 Å². The highest BCUT2D eigenvalue weighted by Gasteiger charge is 2.46. The quantitative estimate of drug-likeness (QED) is 0.461. The Morgan fingerprint density at radius 2 is 1.22 bits per heavy atom. The number of hydrogen-bond acceptors (Lipinski definition) is 7. The molecule has 0 radical (unpaired) electrons. The Kier molecular flexibility index (Phi) is 13.0. The Morgan fingerprint density at radius 1 is 0.957 bits per heavy atom. The first-order valence-corrected chi connectivity index (χ1v) is 8.39. The largest absolute Gasteiger partial charge is 1.00 e. The smallest absolute Gasteiger partial charge is 0.748 e. The minimum atomic E-state index is -5.54. The molecule has 0 saturated heterocycles. The molecule has 23 heavy (non-hydrogen) atoms. The molecule has 0 N–H and O–H groups in total. The second-order valence-corrected chi connectivity index (χ2v) is 6.24. The number of rotatable bonds is 7. The van der Waals surface area contributed by atoms with Crippen molar-refractivity contribution in [1.29, 1.82) is 0 Å². The van der Waals surface area contributed by atoms with Crippen molar-refractivity contribution in [2.45, 2.75) is 18.9 Å². The molecule has 0 aromatic rings. The van der Waals surface area contributed by atoms with Gasteiger partial charge in [0.15, 0.2) is 6.67 Å². The van der Waals surface area contributed by atoms with Crippen LogP contribution < -0.4 is 0 Å². The van der Waals surface area contributed by atoms with E-state index in [0.29, 0.717) is 7.18 Å². The van der Waals surface area contributed by atoms with Crippen molar-refractivity contribution < 1.29 is 59.9 Å². The summed E-state index contributed by atoms with van der Waals surface area (Å²) in [7, 11) is -10.6. The Balaban J connectivity index is -0.000000171. The summed E-state index contributed by atoms with van der Waals surface area (Å²) in [6, 6.07) is 0. The first kappa shape index (κ1) is 27.2. The predicted octanol–water partition coefficient (Wildman–Crippen LogP) is 1.11. The van der Waals surface area contributed by atoms with Crippen LogP contribution in [0.3, 0.4) is 0 Å². The molecule has 15 heteroatoms. The fourth-order valence-electron chi connectivity index (χ4n) is 0.923. The summed E-state index contributed by atoms with van der Waals surface area (Å²) in [5.41, 5.74) is 0. The van der Waals surface area contributed by atoms with Gasteiger partial charge < -0.3 is 9.11 Å². The standard InChI is InChI=1S/C5H8F4O7S2.C2H5F.CH3F/c6-1-5(8,9)16-4(7,2-17(10,11)12)3-18(13,14)15;1-2-3;1-2/h1-3H2,(H,10,11,12)(H,13,14,15);2H2,1H3;1H3. The van der Waals surface area contributed by atoms with Crippen molar-refractivity contribution in [1.82, 2.24) is 0 Å². The van der Waals surface area contributed by atoms with Gasteiger partial charge in [-0.25, -0.2) is 25.6 Å². The monoisotopic (exact) mass is 402 g/mol. The maximum Gasteiger partial charge on any atom is 1.00 e. The summed E-state index contributed by atoms with van der Waals surface area (Å²) in [5.74, 6) is -9.09. The highest BCUT2D eigenvalue weighted by molar-refractivity contribution is 7.86. The van der Waals surface area contributed by atoms with Gasteiger partial charge in [0.2, 0.25) is 5.85 Å². The van der Waals surface area contributed by atoms with E-state index in [-0.39, 0.29) is 9.53 Å². The molecule has 0 saturated carbocycles. The highest BCUT2D eigenvalue weighted by Crippen LogP contribution is 2.28. The molecule has 144 valence electrons. The van der Waals surface area contributed by atoms with E-state index in [0.717, 1.165) is 0 Å². The van der Waals surface area contributed by atoms with Gasteiger partial charge in [0.25, 0.3) is 0 Å². The number of hydrogen-bond donors (Lipinski definition) is 0. The summed E-state index contributed by atoms with van der Waals surface area (Å²) in [4.78, 5) is 0. The fourth-order valence-corrected chi connectivity index (χ4v) is 2.43. The van der Waals surface area contributed by atoms with Crippen molar-refractivity contribution in [3.63, 3.8) is 0 Å². The molecule has 0 fully saturated rings. The third-order valence-corrected chi connectivity index (χ3v) is 2.84. The van der Waals surface area contributed by atoms with Gasteiger partial charge in [-0.05, 0) is 6.92 Å². The highest BCUT2D eigenvalue weighted by atomic mass is 32.2. The minimum Gasteiger partial charge on any atom is -0.748 e. The topological polar surface area (TPSA) is 124 Å². The van der Waals surface area contributed by atoms with Crippen LogP contribution in [0.15, 0.2) is 0 Å². The number of ether oxygens (including phenoxy) is 1. The van der Waals surface area contributed by atoms with Crippen LogP contribution in [0.25, 0.3) is 0 Å². The molecule has 0 atom stereocenters. The maximum absolute atomic E-state index is 13.4. The second kappa shape index (κ2) is 11.0. The van der Waals surface area contributed by atoms with E-state index in [2.05, 4.69) is 4.74 Å². The van der Waals surface area contributed by atoms with Crippen molar-refractivity contribution in [2.75, 3.05) is 32.0 Å². The Bertz CT molecular complexity index is 483. The molecule has 0 aromatic heterocycles. The van der Waals surface area contributed by atoms with E-state index in [9.17, 15) is 52.3 Å². The summed E-state index contributed by atoms with van der Waals surface area (Å²) >= 11 is 0. The zero-order chi connectivity index (χ0) is 19.5. The lowest BCUT2D eigenvalue weighted by molar-refractivity contribution is -0.321. The summed E-state index contributed by atoms with van der Waals surface area (Å²) in [6.45, 7) is -1.41. The molecule has 7 nitrogen and oxygen atoms in total. The van der Waals surface area contributed by atoms with Crippen LogP contribution in [0.5, 0.6) is 0 Å². The van der Waals surface area contributed by atoms with E-state index in [1.165, 1.54) is 6.92 Å². The lowest BCUT2D eigenvalue weighted by Gasteiger charge is -2.30. The lowest BCUT2D eigenvalue weighted by atomic mass is 10.4. The first-order chi connectivity index (χ1) is 10.1. The van der Waals surface area contributed by atoms with Gasteiger partial charge in [0, 0.05) is 0 Å². The summed E-state index contributed by atoms with van der Waals surface area (Å²) in [6.07, 6.45) is -4.88. The molecule has 0 aliphatic carbocycles. The van der Waals surface area contributed by atoms with Gasteiger partial charge in [-0.15, -0.1) is 0 Å². The molecular formula is C8H16F6O7S2. The average molecular weight is 402 g/mol. The summed E-state index contributed by atoms with van der Waals surface area (Å²) in [5, 5.41) is 0. The SMILES string of the molecule is CCF.CF.O=S(=O)([O-])CC(F)(CS(=O)(=O)[O-])OC(F)(F)CF.[H+].[H+]. The van der Waals surface area contributed by atoms with Gasteiger partial charge in [-0.2, -0.15) is 8.78 Å². The van der Waals surface area contributed by atoms with Crippen LogP contribution in [0.2, 0.25) is 0 Å². The molecule has 0 spiro atoms. The fraction of sp³-hybridized carbons (Fsp3) is 1.00. The second-order valence-electron chi connectivity index (χ2n) is 3.43. The number of alkyl halides is 6. The molecule has 0 aliphatic heterocycles. The van der Waals surface area contributed by atoms with Crippen LogP contribution in [-0.4, -0.2) is 69.9 Å². The van der Waals surface area contributed by atoms with Crippen LogP contribution in [0, 0.1) is 0 Å². The Morgan fingerprint density at radius 3 is 1.39 bits per heavy atom. The zero-order valence-corrected chi connectivity index (χ0v) is 13.4. The van der Waals surface area contributed by atoms with E-state index >= 15 is 0 Å². The lowest BCUT2D eigenvalue weighted by Crippen LogP contribution is -2.47. The zero-order valence-electron chi connectivity index (χ0n) is 13.8. The van der Waals surface area contributed by atoms with Gasteiger partial charge in [0.05, 0.1) is 25.4 Å². The normalized spacial score (nSPS) is 12.6.